The van der Waals surface area contributed by atoms with Gasteiger partial charge in [0.1, 0.15) is 0 Å². The van der Waals surface area contributed by atoms with Gasteiger partial charge in [-0.1, -0.05) is 49.6 Å². The minimum Gasteiger partial charge on any atom is -0.392 e. The lowest BCUT2D eigenvalue weighted by atomic mass is 9.85. The molecule has 0 spiro atoms. The monoisotopic (exact) mass is 233 g/mol. The Bertz CT molecular complexity index is 306. The Kier molecular flexibility index (Phi) is 5.02. The van der Waals surface area contributed by atoms with Gasteiger partial charge in [-0.3, -0.25) is 0 Å². The van der Waals surface area contributed by atoms with Crippen LogP contribution in [0.15, 0.2) is 30.3 Å². The molecule has 1 fully saturated rings. The van der Waals surface area contributed by atoms with Crippen LogP contribution in [0.4, 0.5) is 0 Å². The molecule has 1 saturated carbocycles. The first-order valence-electron chi connectivity index (χ1n) is 6.79. The lowest BCUT2D eigenvalue weighted by molar-refractivity contribution is 0.0839. The van der Waals surface area contributed by atoms with E-state index in [1.807, 2.05) is 6.07 Å². The predicted octanol–water partition coefficient (Wildman–Crippen LogP) is 2.72. The summed E-state index contributed by atoms with van der Waals surface area (Å²) in [6.45, 7) is 1.57. The average Bonchev–Trinajstić information content (AvgIpc) is 2.41. The van der Waals surface area contributed by atoms with E-state index in [-0.39, 0.29) is 6.10 Å². The van der Waals surface area contributed by atoms with Gasteiger partial charge in [0.2, 0.25) is 0 Å². The summed E-state index contributed by atoms with van der Waals surface area (Å²) < 4.78 is 0. The Hall–Kier alpha value is -0.860. The van der Waals surface area contributed by atoms with E-state index in [4.69, 9.17) is 0 Å². The summed E-state index contributed by atoms with van der Waals surface area (Å²) in [6, 6.07) is 10.4. The first-order valence-corrected chi connectivity index (χ1v) is 6.79. The molecule has 0 unspecified atom stereocenters. The zero-order valence-corrected chi connectivity index (χ0v) is 10.4. The van der Waals surface area contributed by atoms with Crippen LogP contribution in [0, 0.1) is 5.92 Å². The number of hydrogen-bond donors (Lipinski definition) is 2. The maximum atomic E-state index is 10.1. The van der Waals surface area contributed by atoms with E-state index in [0.717, 1.165) is 13.1 Å². The van der Waals surface area contributed by atoms with Crippen LogP contribution in [0.2, 0.25) is 0 Å². The molecule has 94 valence electrons. The van der Waals surface area contributed by atoms with Crippen molar-refractivity contribution in [2.75, 3.05) is 6.54 Å². The van der Waals surface area contributed by atoms with Crippen molar-refractivity contribution in [1.82, 2.24) is 5.32 Å². The van der Waals surface area contributed by atoms with E-state index in [9.17, 15) is 5.11 Å². The van der Waals surface area contributed by atoms with Gasteiger partial charge in [0, 0.05) is 13.1 Å². The lowest BCUT2D eigenvalue weighted by Crippen LogP contribution is -2.33. The summed E-state index contributed by atoms with van der Waals surface area (Å²) in [5.41, 5.74) is 1.28. The summed E-state index contributed by atoms with van der Waals surface area (Å²) in [4.78, 5) is 0. The number of benzene rings is 1. The van der Waals surface area contributed by atoms with Crippen LogP contribution in [-0.4, -0.2) is 17.8 Å². The molecular formula is C15H23NO. The zero-order chi connectivity index (χ0) is 11.9. The Labute approximate surface area is 104 Å². The minimum absolute atomic E-state index is 0.168. The maximum Gasteiger partial charge on any atom is 0.0692 e. The van der Waals surface area contributed by atoms with Gasteiger partial charge in [0.25, 0.3) is 0 Å². The lowest BCUT2D eigenvalue weighted by Gasteiger charge is -2.26. The predicted molar refractivity (Wildman–Crippen MR) is 70.7 cm³/mol. The highest BCUT2D eigenvalue weighted by Crippen LogP contribution is 2.26. The summed E-state index contributed by atoms with van der Waals surface area (Å²) in [6.07, 6.45) is 6.17. The molecule has 0 aliphatic heterocycles. The van der Waals surface area contributed by atoms with Crippen molar-refractivity contribution < 1.29 is 5.11 Å². The van der Waals surface area contributed by atoms with Crippen molar-refractivity contribution in [3.8, 4) is 0 Å². The second-order valence-corrected chi connectivity index (χ2v) is 5.08. The van der Waals surface area contributed by atoms with Gasteiger partial charge >= 0.3 is 0 Å². The SMILES string of the molecule is O[C@H](CNCc1ccccc1)C1CCCCC1. The molecule has 0 bridgehead atoms. The number of rotatable bonds is 5. The van der Waals surface area contributed by atoms with Crippen molar-refractivity contribution in [2.24, 2.45) is 5.92 Å². The normalized spacial score (nSPS) is 19.1. The van der Waals surface area contributed by atoms with Crippen molar-refractivity contribution in [2.45, 2.75) is 44.8 Å². The Morgan fingerprint density at radius 1 is 1.12 bits per heavy atom. The van der Waals surface area contributed by atoms with Crippen LogP contribution in [0.3, 0.4) is 0 Å². The Balaban J connectivity index is 1.67. The molecule has 2 N–H and O–H groups in total. The first kappa shape index (κ1) is 12.6. The summed E-state index contributed by atoms with van der Waals surface area (Å²) in [5, 5.41) is 13.4. The number of nitrogens with one attached hydrogen (secondary N) is 1. The van der Waals surface area contributed by atoms with Crippen LogP contribution in [0.1, 0.15) is 37.7 Å². The van der Waals surface area contributed by atoms with Gasteiger partial charge in [0.05, 0.1) is 6.10 Å². The highest BCUT2D eigenvalue weighted by atomic mass is 16.3. The minimum atomic E-state index is -0.168. The van der Waals surface area contributed by atoms with E-state index in [1.165, 1.54) is 37.7 Å². The number of aliphatic hydroxyl groups is 1. The van der Waals surface area contributed by atoms with Gasteiger partial charge < -0.3 is 10.4 Å². The molecule has 0 heterocycles. The van der Waals surface area contributed by atoms with Crippen molar-refractivity contribution >= 4 is 0 Å². The van der Waals surface area contributed by atoms with Gasteiger partial charge in [0.15, 0.2) is 0 Å². The second-order valence-electron chi connectivity index (χ2n) is 5.08. The van der Waals surface area contributed by atoms with Gasteiger partial charge in [-0.05, 0) is 24.3 Å². The molecule has 0 aromatic heterocycles. The van der Waals surface area contributed by atoms with Crippen LogP contribution in [0.25, 0.3) is 0 Å². The molecule has 1 aliphatic carbocycles. The van der Waals surface area contributed by atoms with Crippen molar-refractivity contribution in [3.63, 3.8) is 0 Å². The smallest absolute Gasteiger partial charge is 0.0692 e. The zero-order valence-electron chi connectivity index (χ0n) is 10.4. The fourth-order valence-electron chi connectivity index (χ4n) is 2.65. The Morgan fingerprint density at radius 3 is 2.53 bits per heavy atom. The third-order valence-corrected chi connectivity index (χ3v) is 3.72. The largest absolute Gasteiger partial charge is 0.392 e. The number of hydrogen-bond acceptors (Lipinski definition) is 2. The van der Waals surface area contributed by atoms with E-state index in [2.05, 4.69) is 29.6 Å². The standard InChI is InChI=1S/C15H23NO/c17-15(14-9-5-2-6-10-14)12-16-11-13-7-3-1-4-8-13/h1,3-4,7-8,14-17H,2,5-6,9-12H2/t15-/m1/s1. The third-order valence-electron chi connectivity index (χ3n) is 3.72. The molecule has 17 heavy (non-hydrogen) atoms. The van der Waals surface area contributed by atoms with Crippen molar-refractivity contribution in [1.29, 1.82) is 0 Å². The molecule has 0 radical (unpaired) electrons. The van der Waals surface area contributed by atoms with Gasteiger partial charge in [-0.15, -0.1) is 0 Å². The van der Waals surface area contributed by atoms with E-state index in [1.54, 1.807) is 0 Å². The van der Waals surface area contributed by atoms with Crippen LogP contribution >= 0.6 is 0 Å². The average molecular weight is 233 g/mol. The fraction of sp³-hybridized carbons (Fsp3) is 0.600. The molecule has 2 rings (SSSR count). The third kappa shape index (κ3) is 4.14. The highest BCUT2D eigenvalue weighted by molar-refractivity contribution is 5.14. The first-order chi connectivity index (χ1) is 8.36. The summed E-state index contributed by atoms with van der Waals surface area (Å²) in [7, 11) is 0. The van der Waals surface area contributed by atoms with E-state index >= 15 is 0 Å². The van der Waals surface area contributed by atoms with Crippen LogP contribution in [0.5, 0.6) is 0 Å². The molecular weight excluding hydrogens is 210 g/mol. The van der Waals surface area contributed by atoms with Crippen LogP contribution in [-0.2, 0) is 6.54 Å². The van der Waals surface area contributed by atoms with Crippen LogP contribution < -0.4 is 5.32 Å². The molecule has 1 aliphatic rings. The highest BCUT2D eigenvalue weighted by Gasteiger charge is 2.20. The molecule has 1 atom stereocenters. The quantitative estimate of drug-likeness (QED) is 0.819. The summed E-state index contributed by atoms with van der Waals surface area (Å²) >= 11 is 0. The van der Waals surface area contributed by atoms with E-state index < -0.39 is 0 Å². The molecule has 1 aromatic rings. The topological polar surface area (TPSA) is 32.3 Å². The van der Waals surface area contributed by atoms with Gasteiger partial charge in [-0.25, -0.2) is 0 Å². The Morgan fingerprint density at radius 2 is 1.82 bits per heavy atom. The summed E-state index contributed by atoms with van der Waals surface area (Å²) in [5.74, 6) is 0.520. The number of aliphatic hydroxyl groups excluding tert-OH is 1. The molecule has 0 saturated heterocycles. The molecule has 1 aromatic carbocycles. The van der Waals surface area contributed by atoms with Gasteiger partial charge in [-0.2, -0.15) is 0 Å². The maximum absolute atomic E-state index is 10.1. The second kappa shape index (κ2) is 6.77. The van der Waals surface area contributed by atoms with Crippen molar-refractivity contribution in [3.05, 3.63) is 35.9 Å². The molecule has 2 heteroatoms. The molecule has 0 amide bonds. The van der Waals surface area contributed by atoms with E-state index in [0.29, 0.717) is 5.92 Å². The fourth-order valence-corrected chi connectivity index (χ4v) is 2.65. The molecule has 2 nitrogen and oxygen atoms in total.